The van der Waals surface area contributed by atoms with Crippen LogP contribution in [0, 0.1) is 5.92 Å². The lowest BCUT2D eigenvalue weighted by molar-refractivity contribution is -0.204. The van der Waals surface area contributed by atoms with Crippen LogP contribution >= 0.6 is 0 Å². The summed E-state index contributed by atoms with van der Waals surface area (Å²) in [6, 6.07) is 0. The quantitative estimate of drug-likeness (QED) is 0.599. The SMILES string of the molecule is CCC(C)C1(O)COC1. The summed E-state index contributed by atoms with van der Waals surface area (Å²) in [6.45, 7) is 5.20. The van der Waals surface area contributed by atoms with E-state index < -0.39 is 5.60 Å². The Morgan fingerprint density at radius 3 is 2.33 bits per heavy atom. The molecule has 9 heavy (non-hydrogen) atoms. The lowest BCUT2D eigenvalue weighted by Crippen LogP contribution is -2.54. The molecular formula is C7H14O2. The Balaban J connectivity index is 2.38. The average Bonchev–Trinajstić information content (AvgIpc) is 1.81. The molecule has 1 aliphatic heterocycles. The van der Waals surface area contributed by atoms with Gasteiger partial charge in [-0.25, -0.2) is 0 Å². The van der Waals surface area contributed by atoms with Crippen molar-refractivity contribution < 1.29 is 9.84 Å². The molecule has 1 fully saturated rings. The normalized spacial score (nSPS) is 27.0. The second-order valence-corrected chi connectivity index (χ2v) is 2.91. The van der Waals surface area contributed by atoms with Crippen molar-refractivity contribution in [3.63, 3.8) is 0 Å². The van der Waals surface area contributed by atoms with Gasteiger partial charge in [-0.1, -0.05) is 20.3 Å². The van der Waals surface area contributed by atoms with Crippen LogP contribution in [0.4, 0.5) is 0 Å². The van der Waals surface area contributed by atoms with Crippen molar-refractivity contribution in [1.82, 2.24) is 0 Å². The maximum Gasteiger partial charge on any atom is 0.114 e. The third-order valence-electron chi connectivity index (χ3n) is 2.23. The van der Waals surface area contributed by atoms with Gasteiger partial charge in [0.25, 0.3) is 0 Å². The largest absolute Gasteiger partial charge is 0.385 e. The standard InChI is InChI=1S/C7H14O2/c1-3-6(2)7(8)4-9-5-7/h6,8H,3-5H2,1-2H3. The first kappa shape index (κ1) is 7.03. The molecule has 1 unspecified atom stereocenters. The minimum atomic E-state index is -0.491. The zero-order chi connectivity index (χ0) is 6.91. The molecule has 0 spiro atoms. The van der Waals surface area contributed by atoms with Crippen molar-refractivity contribution in [3.8, 4) is 0 Å². The van der Waals surface area contributed by atoms with E-state index in [4.69, 9.17) is 4.74 Å². The third kappa shape index (κ3) is 1.10. The Hall–Kier alpha value is -0.0800. The van der Waals surface area contributed by atoms with Gasteiger partial charge in [0.2, 0.25) is 0 Å². The molecule has 0 aromatic carbocycles. The Kier molecular flexibility index (Phi) is 1.78. The second-order valence-electron chi connectivity index (χ2n) is 2.91. The number of hydrogen-bond donors (Lipinski definition) is 1. The maximum atomic E-state index is 9.55. The zero-order valence-corrected chi connectivity index (χ0v) is 6.05. The molecule has 0 aliphatic carbocycles. The van der Waals surface area contributed by atoms with Crippen LogP contribution in [0.5, 0.6) is 0 Å². The fraction of sp³-hybridized carbons (Fsp3) is 1.00. The molecule has 1 heterocycles. The number of rotatable bonds is 2. The van der Waals surface area contributed by atoms with Crippen LogP contribution in [0.2, 0.25) is 0 Å². The summed E-state index contributed by atoms with van der Waals surface area (Å²) in [6.07, 6.45) is 1.03. The summed E-state index contributed by atoms with van der Waals surface area (Å²) in [5.74, 6) is 0.381. The highest BCUT2D eigenvalue weighted by Crippen LogP contribution is 2.27. The molecule has 0 aromatic heterocycles. The number of aliphatic hydroxyl groups is 1. The first-order valence-corrected chi connectivity index (χ1v) is 3.49. The lowest BCUT2D eigenvalue weighted by Gasteiger charge is -2.40. The first-order chi connectivity index (χ1) is 4.19. The van der Waals surface area contributed by atoms with Gasteiger partial charge in [0.15, 0.2) is 0 Å². The fourth-order valence-electron chi connectivity index (χ4n) is 0.976. The van der Waals surface area contributed by atoms with Crippen LogP contribution in [0.3, 0.4) is 0 Å². The number of hydrogen-bond acceptors (Lipinski definition) is 2. The van der Waals surface area contributed by atoms with Crippen LogP contribution in [0.25, 0.3) is 0 Å². The molecule has 0 aromatic rings. The predicted molar refractivity (Wildman–Crippen MR) is 35.2 cm³/mol. The summed E-state index contributed by atoms with van der Waals surface area (Å²) in [4.78, 5) is 0. The Morgan fingerprint density at radius 2 is 2.22 bits per heavy atom. The van der Waals surface area contributed by atoms with E-state index in [9.17, 15) is 5.11 Å². The topological polar surface area (TPSA) is 29.5 Å². The van der Waals surface area contributed by atoms with E-state index in [2.05, 4.69) is 13.8 Å². The Bertz CT molecular complexity index is 97.1. The van der Waals surface area contributed by atoms with Crippen LogP contribution in [0.15, 0.2) is 0 Å². The summed E-state index contributed by atoms with van der Waals surface area (Å²) < 4.78 is 4.91. The Morgan fingerprint density at radius 1 is 1.67 bits per heavy atom. The van der Waals surface area contributed by atoms with Crippen LogP contribution in [0.1, 0.15) is 20.3 Å². The van der Waals surface area contributed by atoms with Crippen molar-refractivity contribution in [2.24, 2.45) is 5.92 Å². The zero-order valence-electron chi connectivity index (χ0n) is 6.05. The molecule has 0 amide bonds. The smallest absolute Gasteiger partial charge is 0.114 e. The van der Waals surface area contributed by atoms with Gasteiger partial charge >= 0.3 is 0 Å². The van der Waals surface area contributed by atoms with Gasteiger partial charge in [0.05, 0.1) is 13.2 Å². The third-order valence-corrected chi connectivity index (χ3v) is 2.23. The highest BCUT2D eigenvalue weighted by Gasteiger charge is 2.40. The molecule has 2 nitrogen and oxygen atoms in total. The van der Waals surface area contributed by atoms with Crippen molar-refractivity contribution >= 4 is 0 Å². The average molecular weight is 130 g/mol. The van der Waals surface area contributed by atoms with Crippen LogP contribution in [-0.2, 0) is 4.74 Å². The molecule has 54 valence electrons. The molecule has 1 aliphatic rings. The lowest BCUT2D eigenvalue weighted by atomic mass is 9.85. The maximum absolute atomic E-state index is 9.55. The van der Waals surface area contributed by atoms with E-state index >= 15 is 0 Å². The number of ether oxygens (including phenoxy) is 1. The van der Waals surface area contributed by atoms with Gasteiger partial charge in [0.1, 0.15) is 5.60 Å². The monoisotopic (exact) mass is 130 g/mol. The van der Waals surface area contributed by atoms with Gasteiger partial charge in [-0.2, -0.15) is 0 Å². The molecule has 1 N–H and O–H groups in total. The van der Waals surface area contributed by atoms with Crippen molar-refractivity contribution in [3.05, 3.63) is 0 Å². The fourth-order valence-corrected chi connectivity index (χ4v) is 0.976. The summed E-state index contributed by atoms with van der Waals surface area (Å²) in [5, 5.41) is 9.55. The van der Waals surface area contributed by atoms with Gasteiger partial charge in [-0.05, 0) is 5.92 Å². The van der Waals surface area contributed by atoms with E-state index in [-0.39, 0.29) is 0 Å². The predicted octanol–water partition coefficient (Wildman–Crippen LogP) is 0.794. The van der Waals surface area contributed by atoms with Gasteiger partial charge < -0.3 is 9.84 Å². The van der Waals surface area contributed by atoms with Crippen LogP contribution < -0.4 is 0 Å². The van der Waals surface area contributed by atoms with Crippen LogP contribution in [-0.4, -0.2) is 23.9 Å². The van der Waals surface area contributed by atoms with E-state index in [1.54, 1.807) is 0 Å². The summed E-state index contributed by atoms with van der Waals surface area (Å²) >= 11 is 0. The van der Waals surface area contributed by atoms with E-state index in [0.29, 0.717) is 19.1 Å². The van der Waals surface area contributed by atoms with Gasteiger partial charge in [0, 0.05) is 0 Å². The van der Waals surface area contributed by atoms with Gasteiger partial charge in [-0.3, -0.25) is 0 Å². The molecular weight excluding hydrogens is 116 g/mol. The highest BCUT2D eigenvalue weighted by molar-refractivity contribution is 4.89. The summed E-state index contributed by atoms with van der Waals surface area (Å²) in [7, 11) is 0. The molecule has 1 rings (SSSR count). The van der Waals surface area contributed by atoms with E-state index in [0.717, 1.165) is 6.42 Å². The first-order valence-electron chi connectivity index (χ1n) is 3.49. The van der Waals surface area contributed by atoms with Crippen molar-refractivity contribution in [1.29, 1.82) is 0 Å². The Labute approximate surface area is 55.8 Å². The van der Waals surface area contributed by atoms with Crippen molar-refractivity contribution in [2.75, 3.05) is 13.2 Å². The van der Waals surface area contributed by atoms with Gasteiger partial charge in [-0.15, -0.1) is 0 Å². The van der Waals surface area contributed by atoms with Crippen molar-refractivity contribution in [2.45, 2.75) is 25.9 Å². The minimum Gasteiger partial charge on any atom is -0.385 e. The molecule has 0 bridgehead atoms. The summed E-state index contributed by atoms with van der Waals surface area (Å²) in [5.41, 5.74) is -0.491. The second kappa shape index (κ2) is 2.27. The molecule has 1 saturated heterocycles. The minimum absolute atomic E-state index is 0.381. The van der Waals surface area contributed by atoms with E-state index in [1.165, 1.54) is 0 Å². The molecule has 2 heteroatoms. The molecule has 0 radical (unpaired) electrons. The molecule has 0 saturated carbocycles. The van der Waals surface area contributed by atoms with E-state index in [1.807, 2.05) is 0 Å². The highest BCUT2D eigenvalue weighted by atomic mass is 16.5. The molecule has 1 atom stereocenters.